The van der Waals surface area contributed by atoms with Gasteiger partial charge in [-0.25, -0.2) is 0 Å². The van der Waals surface area contributed by atoms with E-state index in [-0.39, 0.29) is 30.6 Å². The van der Waals surface area contributed by atoms with E-state index in [9.17, 15) is 0 Å². The fourth-order valence-corrected chi connectivity index (χ4v) is 5.12. The van der Waals surface area contributed by atoms with Gasteiger partial charge in [-0.05, 0) is 19.4 Å². The summed E-state index contributed by atoms with van der Waals surface area (Å²) in [6.07, 6.45) is 1.56. The van der Waals surface area contributed by atoms with Gasteiger partial charge in [0, 0.05) is 25.6 Å². The van der Waals surface area contributed by atoms with Crippen LogP contribution in [0.25, 0.3) is 0 Å². The van der Waals surface area contributed by atoms with Gasteiger partial charge in [0.2, 0.25) is 0 Å². The zero-order valence-electron chi connectivity index (χ0n) is 16.0. The van der Waals surface area contributed by atoms with E-state index in [2.05, 4.69) is 40.8 Å². The number of hydrogen-bond donors (Lipinski definition) is 0. The highest BCUT2D eigenvalue weighted by atomic mass is 16.8. The second-order valence-electron chi connectivity index (χ2n) is 8.41. The standard InChI is InChI=1S/C21H28N2O4/c1-4-10-22-12-15-13-24-23(11-14-8-6-5-7-9-14)16(15)18-17(22)19-20(25-18)27-21(2,3)26-19/h4-9,15-20H,1,10-13H2,2-3H3/t15?,16?,17-,18+,19-,20-/m1/s1. The van der Waals surface area contributed by atoms with E-state index in [0.29, 0.717) is 5.92 Å². The van der Waals surface area contributed by atoms with Crippen LogP contribution in [0.3, 0.4) is 0 Å². The van der Waals surface area contributed by atoms with E-state index in [1.807, 2.05) is 26.0 Å². The third kappa shape index (κ3) is 3.05. The Morgan fingerprint density at radius 2 is 1.96 bits per heavy atom. The Bertz CT molecular complexity index is 697. The summed E-state index contributed by atoms with van der Waals surface area (Å²) in [7, 11) is 0. The van der Waals surface area contributed by atoms with Crippen LogP contribution in [0, 0.1) is 5.92 Å². The summed E-state index contributed by atoms with van der Waals surface area (Å²) in [6, 6.07) is 10.8. The summed E-state index contributed by atoms with van der Waals surface area (Å²) in [5, 5.41) is 2.12. The van der Waals surface area contributed by atoms with E-state index >= 15 is 0 Å². The van der Waals surface area contributed by atoms with Gasteiger partial charge in [0.1, 0.15) is 6.10 Å². The van der Waals surface area contributed by atoms with E-state index in [4.69, 9.17) is 19.0 Å². The number of rotatable bonds is 4. The molecule has 0 amide bonds. The molecule has 0 aromatic heterocycles. The Hall–Kier alpha value is -1.28. The molecule has 0 bridgehead atoms. The number of hydrogen-bond acceptors (Lipinski definition) is 6. The molecular weight excluding hydrogens is 344 g/mol. The molecule has 4 aliphatic heterocycles. The molecule has 4 saturated heterocycles. The summed E-state index contributed by atoms with van der Waals surface area (Å²) >= 11 is 0. The lowest BCUT2D eigenvalue weighted by atomic mass is 9.85. The lowest BCUT2D eigenvalue weighted by molar-refractivity contribution is -0.235. The molecule has 4 heterocycles. The van der Waals surface area contributed by atoms with E-state index in [1.54, 1.807) is 0 Å². The third-order valence-electron chi connectivity index (χ3n) is 6.09. The van der Waals surface area contributed by atoms with E-state index < -0.39 is 5.79 Å². The van der Waals surface area contributed by atoms with Gasteiger partial charge in [-0.1, -0.05) is 36.4 Å². The van der Waals surface area contributed by atoms with Gasteiger partial charge in [0.25, 0.3) is 0 Å². The highest BCUT2D eigenvalue weighted by molar-refractivity contribution is 5.16. The highest BCUT2D eigenvalue weighted by Gasteiger charge is 2.63. The first-order valence-corrected chi connectivity index (χ1v) is 9.85. The molecule has 0 spiro atoms. The first-order valence-electron chi connectivity index (χ1n) is 9.85. The quantitative estimate of drug-likeness (QED) is 0.755. The number of nitrogens with zero attached hydrogens (tertiary/aromatic N) is 2. The topological polar surface area (TPSA) is 43.4 Å². The summed E-state index contributed by atoms with van der Waals surface area (Å²) < 4.78 is 18.7. The largest absolute Gasteiger partial charge is 0.343 e. The molecule has 5 rings (SSSR count). The zero-order chi connectivity index (χ0) is 18.6. The molecule has 0 N–H and O–H groups in total. The first-order chi connectivity index (χ1) is 13.1. The number of ether oxygens (including phenoxy) is 3. The predicted octanol–water partition coefficient (Wildman–Crippen LogP) is 2.17. The fourth-order valence-electron chi connectivity index (χ4n) is 5.12. The monoisotopic (exact) mass is 372 g/mol. The highest BCUT2D eigenvalue weighted by Crippen LogP contribution is 2.46. The van der Waals surface area contributed by atoms with Gasteiger partial charge in [0.15, 0.2) is 12.1 Å². The Morgan fingerprint density at radius 3 is 2.74 bits per heavy atom. The summed E-state index contributed by atoms with van der Waals surface area (Å²) in [5.74, 6) is -0.200. The molecule has 4 fully saturated rings. The van der Waals surface area contributed by atoms with Crippen LogP contribution in [-0.4, -0.2) is 66.0 Å². The van der Waals surface area contributed by atoms with Crippen molar-refractivity contribution in [3.8, 4) is 0 Å². The van der Waals surface area contributed by atoms with E-state index in [0.717, 1.165) is 26.2 Å². The van der Waals surface area contributed by atoms with Gasteiger partial charge in [0.05, 0.1) is 24.8 Å². The molecule has 0 radical (unpaired) electrons. The van der Waals surface area contributed by atoms with Crippen molar-refractivity contribution >= 4 is 0 Å². The molecule has 1 aromatic rings. The van der Waals surface area contributed by atoms with Crippen molar-refractivity contribution < 1.29 is 19.0 Å². The zero-order valence-corrected chi connectivity index (χ0v) is 16.0. The second-order valence-corrected chi connectivity index (χ2v) is 8.41. The average Bonchev–Trinajstić information content (AvgIpc) is 3.26. The van der Waals surface area contributed by atoms with Gasteiger partial charge < -0.3 is 14.2 Å². The Labute approximate surface area is 160 Å². The normalized spacial score (nSPS) is 40.5. The maximum absolute atomic E-state index is 6.44. The maximum Gasteiger partial charge on any atom is 0.189 e. The maximum atomic E-state index is 6.44. The van der Waals surface area contributed by atoms with Crippen LogP contribution in [0.5, 0.6) is 0 Å². The number of benzene rings is 1. The second kappa shape index (κ2) is 6.65. The third-order valence-corrected chi connectivity index (χ3v) is 6.09. The SMILES string of the molecule is C=CCN1CC2CON(Cc3ccccc3)C2[C@@H]2O[C@@H]3OC(C)(C)O[C@@H]3[C@@H]21. The van der Waals surface area contributed by atoms with Crippen molar-refractivity contribution in [1.82, 2.24) is 9.96 Å². The van der Waals surface area contributed by atoms with Gasteiger partial charge in [-0.2, -0.15) is 5.06 Å². The molecule has 4 aliphatic rings. The Morgan fingerprint density at radius 1 is 1.15 bits per heavy atom. The van der Waals surface area contributed by atoms with Crippen LogP contribution in [0.4, 0.5) is 0 Å². The minimum absolute atomic E-state index is 0.000937. The number of fused-ring (bicyclic) bond motifs is 5. The average molecular weight is 372 g/mol. The smallest absolute Gasteiger partial charge is 0.189 e. The molecular formula is C21H28N2O4. The molecule has 6 heteroatoms. The summed E-state index contributed by atoms with van der Waals surface area (Å²) in [6.45, 7) is 11.1. The molecule has 27 heavy (non-hydrogen) atoms. The Balaban J connectivity index is 1.41. The molecule has 1 aromatic carbocycles. The van der Waals surface area contributed by atoms with Crippen LogP contribution < -0.4 is 0 Å². The van der Waals surface area contributed by atoms with Crippen molar-refractivity contribution in [3.05, 3.63) is 48.6 Å². The van der Waals surface area contributed by atoms with Crippen LogP contribution in [0.15, 0.2) is 43.0 Å². The molecule has 0 aliphatic carbocycles. The predicted molar refractivity (Wildman–Crippen MR) is 99.5 cm³/mol. The first kappa shape index (κ1) is 17.8. The van der Waals surface area contributed by atoms with Crippen LogP contribution in [0.1, 0.15) is 19.4 Å². The minimum atomic E-state index is -0.604. The van der Waals surface area contributed by atoms with Gasteiger partial charge in [-0.15, -0.1) is 6.58 Å². The molecule has 6 atom stereocenters. The van der Waals surface area contributed by atoms with Gasteiger partial charge in [-0.3, -0.25) is 9.74 Å². The number of likely N-dealkylation sites (tertiary alicyclic amines) is 1. The lowest BCUT2D eigenvalue weighted by Crippen LogP contribution is -2.62. The minimum Gasteiger partial charge on any atom is -0.343 e. The molecule has 0 saturated carbocycles. The van der Waals surface area contributed by atoms with Crippen molar-refractivity contribution in [2.24, 2.45) is 5.92 Å². The number of hydroxylamine groups is 2. The van der Waals surface area contributed by atoms with Crippen molar-refractivity contribution in [1.29, 1.82) is 0 Å². The summed E-state index contributed by atoms with van der Waals surface area (Å²) in [5.41, 5.74) is 1.25. The van der Waals surface area contributed by atoms with E-state index in [1.165, 1.54) is 5.56 Å². The van der Waals surface area contributed by atoms with Crippen molar-refractivity contribution in [2.75, 3.05) is 19.7 Å². The lowest BCUT2D eigenvalue weighted by Gasteiger charge is -2.45. The van der Waals surface area contributed by atoms with Crippen molar-refractivity contribution in [3.63, 3.8) is 0 Å². The van der Waals surface area contributed by atoms with Gasteiger partial charge >= 0.3 is 0 Å². The Kier molecular flexibility index (Phi) is 4.39. The fraction of sp³-hybridized carbons (Fsp3) is 0.619. The molecule has 2 unspecified atom stereocenters. The molecule has 146 valence electrons. The van der Waals surface area contributed by atoms with Crippen LogP contribution in [0.2, 0.25) is 0 Å². The number of piperidine rings is 1. The van der Waals surface area contributed by atoms with Crippen molar-refractivity contribution in [2.45, 2.75) is 56.8 Å². The summed E-state index contributed by atoms with van der Waals surface area (Å²) in [4.78, 5) is 8.56. The van der Waals surface area contributed by atoms with Crippen LogP contribution >= 0.6 is 0 Å². The molecule has 6 nitrogen and oxygen atoms in total. The van der Waals surface area contributed by atoms with Crippen LogP contribution in [-0.2, 0) is 25.6 Å².